The number of ketones is 1. The number of rotatable bonds is 14. The van der Waals surface area contributed by atoms with Crippen LogP contribution in [0.25, 0.3) is 11.8 Å². The second-order valence-corrected chi connectivity index (χ2v) is 20.7. The zero-order valence-electron chi connectivity index (χ0n) is 42.0. The van der Waals surface area contributed by atoms with Crippen LogP contribution in [0.3, 0.4) is 0 Å². The molecule has 3 saturated carbocycles. The van der Waals surface area contributed by atoms with Crippen LogP contribution >= 0.6 is 0 Å². The minimum atomic E-state index is -2.36. The van der Waals surface area contributed by atoms with E-state index in [1.807, 2.05) is 66.7 Å². The van der Waals surface area contributed by atoms with Crippen LogP contribution in [0.5, 0.6) is 23.0 Å². The lowest BCUT2D eigenvalue weighted by Gasteiger charge is -2.66. The van der Waals surface area contributed by atoms with E-state index < -0.39 is 101 Å². The zero-order valence-corrected chi connectivity index (χ0v) is 42.0. The monoisotopic (exact) mass is 992 g/mol. The average Bonchev–Trinajstić information content (AvgIpc) is 3.34. The summed E-state index contributed by atoms with van der Waals surface area (Å²) in [4.78, 5) is 42.7. The second kappa shape index (κ2) is 19.7. The van der Waals surface area contributed by atoms with Crippen LogP contribution in [0.1, 0.15) is 108 Å². The first kappa shape index (κ1) is 52.2. The van der Waals surface area contributed by atoms with Gasteiger partial charge in [0.1, 0.15) is 64.5 Å². The molecule has 4 heterocycles. The molecule has 384 valence electrons. The molecule has 7 unspecified atom stereocenters. The van der Waals surface area contributed by atoms with E-state index in [4.69, 9.17) is 33.2 Å². The number of aliphatic hydroxyl groups is 5. The lowest BCUT2D eigenvalue weighted by molar-refractivity contribution is -0.277. The van der Waals surface area contributed by atoms with Gasteiger partial charge in [-0.1, -0.05) is 43.2 Å². The predicted molar refractivity (Wildman–Crippen MR) is 261 cm³/mol. The van der Waals surface area contributed by atoms with Crippen molar-refractivity contribution in [2.24, 2.45) is 29.6 Å². The Morgan fingerprint density at radius 1 is 0.986 bits per heavy atom. The summed E-state index contributed by atoms with van der Waals surface area (Å²) in [6.07, 6.45) is 2.83. The van der Waals surface area contributed by atoms with Crippen molar-refractivity contribution in [2.75, 3.05) is 13.7 Å². The molecule has 6 N–H and O–H groups in total. The largest absolute Gasteiger partial charge is 0.482 e. The number of Topliss-reactive ketones (excluding diaryl/α,β-unsaturated/α-hetero) is 1. The quantitative estimate of drug-likeness (QED) is 0.0531. The number of fused-ring (bicyclic) bond motifs is 5. The average molecular weight is 993 g/mol. The van der Waals surface area contributed by atoms with Crippen LogP contribution in [0.15, 0.2) is 70.9 Å². The van der Waals surface area contributed by atoms with E-state index in [0.717, 1.165) is 11.1 Å². The minimum Gasteiger partial charge on any atom is -0.482 e. The summed E-state index contributed by atoms with van der Waals surface area (Å²) in [6.45, 7) is 14.6. The molecule has 0 amide bonds. The Morgan fingerprint density at radius 3 is 2.31 bits per heavy atom. The molecule has 17 heteroatoms. The lowest BCUT2D eigenvalue weighted by atomic mass is 9.43. The van der Waals surface area contributed by atoms with Crippen LogP contribution in [0.2, 0.25) is 0 Å². The molecule has 72 heavy (non-hydrogen) atoms. The van der Waals surface area contributed by atoms with Gasteiger partial charge in [-0.15, -0.1) is 0 Å². The Morgan fingerprint density at radius 2 is 1.68 bits per heavy atom. The SMILES string of the molecule is COC(=O)C(C)=CCC1(O)C(=O)C2CC(C(C)C)C13Oc1c(CC=C(C)C)c4c(c(OC(=O)c5ccc(O[C@@H]6O[C@H](CO)[C@@H](O)[C@H](O)[C@H]6O)cc5)c1C1=C3C2C(C#N)C(=N)O1)C=CC(C)(CCC=C(C)C)O4. The Hall–Kier alpha value is -6.13. The minimum absolute atomic E-state index is 0.00492. The number of hydrogen-bond acceptors (Lipinski definition) is 17. The fourth-order valence-corrected chi connectivity index (χ4v) is 11.2. The topological polar surface area (TPSA) is 265 Å². The molecule has 9 rings (SSSR count). The standard InChI is InChI=1S/C55H64N2O15/c1-26(2)11-10-20-53(8)21-19-33-44(71-53)32(17-12-27(3)4)46-39(45(33)70-51(64)30-13-15-31(16-14-30)67-52-43(61)42(60)41(59)37(25-58)68-52)47-40-38(35(24-56)49(57)69-47)34-23-36(28(5)6)55(40,72-46)54(65,48(34)62)22-18-29(7)50(63)66-9/h11-16,18-19,21,28,34-38,41-43,52,57-61,65H,10,17,20,22-23,25H2,1-9H3/t34?,35?,36?,37-,38?,41-,42+,43-,52-,53?,54?,55?/m1/s1. The van der Waals surface area contributed by atoms with Crippen molar-refractivity contribution in [1.82, 2.24) is 0 Å². The van der Waals surface area contributed by atoms with Gasteiger partial charge in [-0.05, 0) is 110 Å². The maximum atomic E-state index is 15.2. The fraction of sp³-hybridized carbons (Fsp3) is 0.509. The Bertz CT molecular complexity index is 2760. The lowest BCUT2D eigenvalue weighted by Crippen LogP contribution is -2.79. The van der Waals surface area contributed by atoms with E-state index in [9.17, 15) is 45.8 Å². The summed E-state index contributed by atoms with van der Waals surface area (Å²) in [5.41, 5.74) is -1.75. The van der Waals surface area contributed by atoms with Gasteiger partial charge in [0.05, 0.1) is 30.9 Å². The van der Waals surface area contributed by atoms with Crippen LogP contribution in [-0.4, -0.2) is 110 Å². The van der Waals surface area contributed by atoms with Crippen LogP contribution in [0, 0.1) is 46.3 Å². The summed E-state index contributed by atoms with van der Waals surface area (Å²) in [7, 11) is 1.23. The first-order valence-electron chi connectivity index (χ1n) is 24.3. The zero-order chi connectivity index (χ0) is 52.4. The number of carbonyl (C=O) groups excluding carboxylic acids is 3. The van der Waals surface area contributed by atoms with Crippen molar-refractivity contribution in [1.29, 1.82) is 10.7 Å². The summed E-state index contributed by atoms with van der Waals surface area (Å²) in [5, 5.41) is 74.3. The van der Waals surface area contributed by atoms with Crippen molar-refractivity contribution in [3.63, 3.8) is 0 Å². The van der Waals surface area contributed by atoms with E-state index in [1.54, 1.807) is 0 Å². The molecule has 1 spiro atoms. The molecule has 12 atom stereocenters. The smallest absolute Gasteiger partial charge is 0.343 e. The van der Waals surface area contributed by atoms with E-state index in [-0.39, 0.29) is 70.5 Å². The number of allylic oxidation sites excluding steroid dienone is 4. The van der Waals surface area contributed by atoms with Crippen LogP contribution in [0.4, 0.5) is 0 Å². The van der Waals surface area contributed by atoms with Gasteiger partial charge in [0.2, 0.25) is 12.2 Å². The number of methoxy groups -OCH3 is 1. The van der Waals surface area contributed by atoms with Gasteiger partial charge in [0.15, 0.2) is 22.7 Å². The number of carbonyl (C=O) groups is 3. The summed E-state index contributed by atoms with van der Waals surface area (Å²) >= 11 is 0. The maximum absolute atomic E-state index is 15.2. The highest BCUT2D eigenvalue weighted by Gasteiger charge is 2.78. The number of nitrogens with zero attached hydrogens (tertiary/aromatic N) is 1. The highest BCUT2D eigenvalue weighted by atomic mass is 16.7. The van der Waals surface area contributed by atoms with Gasteiger partial charge in [0, 0.05) is 40.9 Å². The molecule has 2 aromatic rings. The van der Waals surface area contributed by atoms with Gasteiger partial charge in [-0.25, -0.2) is 9.59 Å². The van der Waals surface area contributed by atoms with Crippen molar-refractivity contribution in [2.45, 2.75) is 135 Å². The van der Waals surface area contributed by atoms with Crippen LogP contribution in [-0.2, 0) is 30.2 Å². The molecule has 1 saturated heterocycles. The van der Waals surface area contributed by atoms with Crippen molar-refractivity contribution < 1.29 is 73.1 Å². The van der Waals surface area contributed by atoms with Crippen molar-refractivity contribution in [3.05, 3.63) is 93.1 Å². The molecule has 4 fully saturated rings. The van der Waals surface area contributed by atoms with E-state index in [2.05, 4.69) is 12.1 Å². The second-order valence-electron chi connectivity index (χ2n) is 20.7. The van der Waals surface area contributed by atoms with Gasteiger partial charge in [-0.2, -0.15) is 5.26 Å². The predicted octanol–water partition coefficient (Wildman–Crippen LogP) is 6.22. The number of benzene rings is 2. The van der Waals surface area contributed by atoms with Crippen LogP contribution < -0.4 is 18.9 Å². The third kappa shape index (κ3) is 8.65. The highest BCUT2D eigenvalue weighted by Crippen LogP contribution is 2.69. The number of nitriles is 1. The molecule has 0 radical (unpaired) electrons. The molecule has 17 nitrogen and oxygen atoms in total. The molecule has 4 aliphatic heterocycles. The Labute approximate surface area is 418 Å². The first-order valence-corrected chi connectivity index (χ1v) is 24.3. The summed E-state index contributed by atoms with van der Waals surface area (Å²) in [5.74, 6) is -6.24. The van der Waals surface area contributed by atoms with E-state index in [0.29, 0.717) is 29.7 Å². The van der Waals surface area contributed by atoms with E-state index >= 15 is 4.79 Å². The molecular formula is C55H64N2O15. The van der Waals surface area contributed by atoms with Crippen molar-refractivity contribution >= 4 is 35.5 Å². The number of hydrogen-bond donors (Lipinski definition) is 6. The van der Waals surface area contributed by atoms with E-state index in [1.165, 1.54) is 44.4 Å². The molecule has 3 aliphatic carbocycles. The number of nitrogens with one attached hydrogen (secondary N) is 1. The Balaban J connectivity index is 1.35. The van der Waals surface area contributed by atoms with Gasteiger partial charge in [0.25, 0.3) is 0 Å². The number of aliphatic hydroxyl groups excluding tert-OH is 4. The molecule has 7 aliphatic rings. The number of esters is 2. The normalized spacial score (nSPS) is 32.0. The fourth-order valence-electron chi connectivity index (χ4n) is 11.2. The maximum Gasteiger partial charge on any atom is 0.343 e. The van der Waals surface area contributed by atoms with Gasteiger partial charge < -0.3 is 58.7 Å². The first-order chi connectivity index (χ1) is 34.1. The van der Waals surface area contributed by atoms with Gasteiger partial charge >= 0.3 is 11.9 Å². The van der Waals surface area contributed by atoms with Crippen molar-refractivity contribution in [3.8, 4) is 29.1 Å². The molecule has 2 bridgehead atoms. The third-order valence-electron chi connectivity index (χ3n) is 15.0. The summed E-state index contributed by atoms with van der Waals surface area (Å²) < 4.78 is 44.0. The Kier molecular flexibility index (Phi) is 14.3. The molecule has 2 aromatic carbocycles. The highest BCUT2D eigenvalue weighted by molar-refractivity contribution is 6.03. The summed E-state index contributed by atoms with van der Waals surface area (Å²) in [6, 6.07) is 7.81. The molecule has 0 aromatic heterocycles. The van der Waals surface area contributed by atoms with Gasteiger partial charge in [-0.3, -0.25) is 10.2 Å². The number of ether oxygens (including phenoxy) is 7. The third-order valence-corrected chi connectivity index (χ3v) is 15.0. The molecular weight excluding hydrogens is 929 g/mol.